The van der Waals surface area contributed by atoms with Crippen LogP contribution >= 0.6 is 0 Å². The van der Waals surface area contributed by atoms with Crippen LogP contribution in [0.4, 0.5) is 0 Å². The summed E-state index contributed by atoms with van der Waals surface area (Å²) in [6.45, 7) is 5.37. The largest absolute Gasteiger partial charge is 0.460 e. The van der Waals surface area contributed by atoms with Crippen LogP contribution in [0.1, 0.15) is 91.4 Å². The van der Waals surface area contributed by atoms with E-state index in [0.717, 1.165) is 19.3 Å². The maximum Gasteiger partial charge on any atom is 0.394 e. The van der Waals surface area contributed by atoms with Crippen molar-refractivity contribution in [3.63, 3.8) is 0 Å². The van der Waals surface area contributed by atoms with Gasteiger partial charge in [-0.15, -0.1) is 0 Å². The molecule has 2 amide bonds. The van der Waals surface area contributed by atoms with Gasteiger partial charge in [0, 0.05) is 18.8 Å². The Hall–Kier alpha value is -3.74. The van der Waals surface area contributed by atoms with Gasteiger partial charge in [-0.1, -0.05) is 37.1 Å². The number of Topliss-reactive ketones (excluding diaryl/α,β-unsaturated/α-hetero) is 1. The highest BCUT2D eigenvalue weighted by atomic mass is 32.2. The number of amides is 2. The van der Waals surface area contributed by atoms with E-state index < -0.39 is 56.2 Å². The first-order valence-corrected chi connectivity index (χ1v) is 18.6. The molecule has 2 aliphatic carbocycles. The zero-order valence-corrected chi connectivity index (χ0v) is 28.6. The van der Waals surface area contributed by atoms with E-state index >= 15 is 0 Å². The number of aromatic nitrogens is 1. The molecular weight excluding hydrogens is 638 g/mol. The van der Waals surface area contributed by atoms with Crippen molar-refractivity contribution in [3.05, 3.63) is 36.4 Å². The van der Waals surface area contributed by atoms with Gasteiger partial charge < -0.3 is 18.8 Å². The summed E-state index contributed by atoms with van der Waals surface area (Å²) in [6.07, 6.45) is 7.98. The number of sulfonamides is 1. The van der Waals surface area contributed by atoms with Crippen LogP contribution in [0.2, 0.25) is 0 Å². The number of esters is 1. The molecule has 2 saturated carbocycles. The number of fused-ring (bicyclic) bond motifs is 3. The Kier molecular flexibility index (Phi) is 9.45. The quantitative estimate of drug-likeness (QED) is 0.322. The van der Waals surface area contributed by atoms with Crippen LogP contribution in [0.3, 0.4) is 0 Å². The summed E-state index contributed by atoms with van der Waals surface area (Å²) in [5, 5.41) is -0.585. The number of benzene rings is 1. The topological polar surface area (TPSA) is 162 Å². The fraction of sp³-hybridized carbons (Fsp3) is 0.629. The normalized spacial score (nSPS) is 29.3. The summed E-state index contributed by atoms with van der Waals surface area (Å²) in [5.74, 6) is -2.87. The van der Waals surface area contributed by atoms with Crippen molar-refractivity contribution in [1.29, 1.82) is 0 Å². The number of ether oxygens (including phenoxy) is 2. The number of carbonyl (C=O) groups is 4. The molecule has 260 valence electrons. The fourth-order valence-electron chi connectivity index (χ4n) is 6.95. The standard InChI is InChI=1S/C35H45N3O9S/c1-34(2,3)47-30(40)17-22-11-7-5-4-6-8-12-23-19-35(23,32(42)37-48(43,44)25-15-16-25)20-28(39)27-18-24(21-38(27)31(22)41)45-33-36-26-13-9-10-14-29(26)46-33/h8-10,12-14,22-25,27H,4-7,11,15-21H2,1-3H3,(H,37,42)/b12-8-/t22-,23+,24-,27+,35-/m1/s1. The molecule has 3 heterocycles. The predicted octanol–water partition coefficient (Wildman–Crippen LogP) is 4.62. The number of hydrogen-bond donors (Lipinski definition) is 1. The molecule has 5 atom stereocenters. The van der Waals surface area contributed by atoms with Gasteiger partial charge in [-0.3, -0.25) is 23.9 Å². The summed E-state index contributed by atoms with van der Waals surface area (Å²) in [7, 11) is -3.82. The molecule has 3 fully saturated rings. The predicted molar refractivity (Wildman–Crippen MR) is 175 cm³/mol. The maximum absolute atomic E-state index is 14.3. The van der Waals surface area contributed by atoms with Crippen molar-refractivity contribution in [2.75, 3.05) is 6.54 Å². The molecule has 4 aliphatic rings. The molecule has 13 heteroatoms. The van der Waals surface area contributed by atoms with Gasteiger partial charge >= 0.3 is 12.0 Å². The van der Waals surface area contributed by atoms with E-state index in [9.17, 15) is 27.6 Å². The number of para-hydroxylation sites is 2. The molecule has 0 radical (unpaired) electrons. The number of nitrogens with one attached hydrogen (secondary N) is 1. The number of nitrogens with zero attached hydrogens (tertiary/aromatic N) is 2. The van der Waals surface area contributed by atoms with Crippen molar-refractivity contribution < 1.29 is 41.5 Å². The van der Waals surface area contributed by atoms with E-state index in [1.807, 2.05) is 24.3 Å². The lowest BCUT2D eigenvalue weighted by atomic mass is 9.90. The summed E-state index contributed by atoms with van der Waals surface area (Å²) < 4.78 is 45.2. The number of rotatable bonds is 7. The molecule has 1 aromatic carbocycles. The third-order valence-electron chi connectivity index (χ3n) is 9.71. The average Bonchev–Trinajstić information content (AvgIpc) is 3.89. The van der Waals surface area contributed by atoms with Crippen LogP contribution < -0.4 is 9.46 Å². The molecule has 1 saturated heterocycles. The highest BCUT2D eigenvalue weighted by Gasteiger charge is 2.61. The summed E-state index contributed by atoms with van der Waals surface area (Å²) in [6, 6.07) is 6.23. The van der Waals surface area contributed by atoms with Crippen molar-refractivity contribution >= 4 is 44.7 Å². The first-order chi connectivity index (χ1) is 22.7. The van der Waals surface area contributed by atoms with Crippen LogP contribution in [0.5, 0.6) is 6.08 Å². The lowest BCUT2D eigenvalue weighted by Crippen LogP contribution is -2.46. The van der Waals surface area contributed by atoms with E-state index in [1.54, 1.807) is 32.9 Å². The van der Waals surface area contributed by atoms with E-state index in [0.29, 0.717) is 43.2 Å². The fourth-order valence-corrected chi connectivity index (χ4v) is 8.33. The minimum absolute atomic E-state index is 0.0164. The van der Waals surface area contributed by atoms with E-state index in [4.69, 9.17) is 13.9 Å². The lowest BCUT2D eigenvalue weighted by molar-refractivity contribution is -0.159. The zero-order valence-electron chi connectivity index (χ0n) is 27.8. The maximum atomic E-state index is 14.3. The second kappa shape index (κ2) is 13.3. The number of ketones is 1. The molecule has 0 spiro atoms. The molecule has 2 aromatic rings. The van der Waals surface area contributed by atoms with Crippen molar-refractivity contribution in [1.82, 2.24) is 14.6 Å². The number of carbonyl (C=O) groups excluding carboxylic acids is 4. The highest BCUT2D eigenvalue weighted by molar-refractivity contribution is 7.90. The Bertz CT molecular complexity index is 1670. The van der Waals surface area contributed by atoms with Crippen LogP contribution in [0.15, 0.2) is 40.8 Å². The van der Waals surface area contributed by atoms with Crippen LogP contribution in [-0.4, -0.2) is 71.4 Å². The minimum atomic E-state index is -3.82. The highest BCUT2D eigenvalue weighted by Crippen LogP contribution is 2.57. The second-order valence-corrected chi connectivity index (χ2v) is 16.7. The van der Waals surface area contributed by atoms with Crippen LogP contribution in [-0.2, 0) is 33.9 Å². The Morgan fingerprint density at radius 2 is 1.88 bits per heavy atom. The first-order valence-electron chi connectivity index (χ1n) is 17.0. The molecule has 2 aliphatic heterocycles. The van der Waals surface area contributed by atoms with Gasteiger partial charge in [0.2, 0.25) is 21.8 Å². The van der Waals surface area contributed by atoms with Crippen molar-refractivity contribution in [2.24, 2.45) is 17.3 Å². The van der Waals surface area contributed by atoms with Gasteiger partial charge in [-0.2, -0.15) is 4.98 Å². The van der Waals surface area contributed by atoms with E-state index in [2.05, 4.69) is 9.71 Å². The van der Waals surface area contributed by atoms with Gasteiger partial charge in [-0.05, 0) is 77.3 Å². The number of allylic oxidation sites excluding steroid dienone is 2. The first kappa shape index (κ1) is 34.1. The van der Waals surface area contributed by atoms with Gasteiger partial charge in [0.05, 0.1) is 29.7 Å². The van der Waals surface area contributed by atoms with Crippen LogP contribution in [0.25, 0.3) is 11.1 Å². The summed E-state index contributed by atoms with van der Waals surface area (Å²) in [5.41, 5.74) is -0.808. The van der Waals surface area contributed by atoms with Gasteiger partial charge in [-0.25, -0.2) is 8.42 Å². The summed E-state index contributed by atoms with van der Waals surface area (Å²) in [4.78, 5) is 61.0. The van der Waals surface area contributed by atoms with Gasteiger partial charge in [0.15, 0.2) is 11.4 Å². The van der Waals surface area contributed by atoms with Crippen LogP contribution in [0, 0.1) is 17.3 Å². The van der Waals surface area contributed by atoms with Gasteiger partial charge in [0.1, 0.15) is 17.2 Å². The number of oxazole rings is 1. The molecular formula is C35H45N3O9S. The van der Waals surface area contributed by atoms with E-state index in [-0.39, 0.29) is 49.5 Å². The summed E-state index contributed by atoms with van der Waals surface area (Å²) >= 11 is 0. The zero-order chi connectivity index (χ0) is 34.3. The Balaban J connectivity index is 1.28. The third-order valence-corrected chi connectivity index (χ3v) is 11.5. The monoisotopic (exact) mass is 683 g/mol. The minimum Gasteiger partial charge on any atom is -0.460 e. The third kappa shape index (κ3) is 7.76. The molecule has 0 unspecified atom stereocenters. The van der Waals surface area contributed by atoms with Gasteiger partial charge in [0.25, 0.3) is 0 Å². The van der Waals surface area contributed by atoms with Crippen molar-refractivity contribution in [2.45, 2.75) is 114 Å². The molecule has 1 aromatic heterocycles. The Labute approximate surface area is 281 Å². The van der Waals surface area contributed by atoms with Crippen molar-refractivity contribution in [3.8, 4) is 6.08 Å². The molecule has 48 heavy (non-hydrogen) atoms. The molecule has 0 bridgehead atoms. The number of hydrogen-bond acceptors (Lipinski definition) is 10. The molecule has 1 N–H and O–H groups in total. The molecule has 6 rings (SSSR count). The molecule has 12 nitrogen and oxygen atoms in total. The Morgan fingerprint density at radius 3 is 2.60 bits per heavy atom. The average molecular weight is 684 g/mol. The second-order valence-electron chi connectivity index (χ2n) is 14.8. The lowest BCUT2D eigenvalue weighted by Gasteiger charge is -2.29. The smallest absolute Gasteiger partial charge is 0.394 e. The Morgan fingerprint density at radius 1 is 1.10 bits per heavy atom. The van der Waals surface area contributed by atoms with E-state index in [1.165, 1.54) is 4.90 Å². The SMILES string of the molecule is CC(C)(C)OC(=O)C[C@H]1CCCCC/C=C\[C@H]2C[C@@]2(C(=O)NS(=O)(=O)C2CC2)CC(=O)[C@@H]2C[C@@H](Oc3nc4ccccc4o3)CN2C1=O.